The Labute approximate surface area is 205 Å². The minimum absolute atomic E-state index is 0.0141. The van der Waals surface area contributed by atoms with Crippen LogP contribution in [0.4, 0.5) is 0 Å². The van der Waals surface area contributed by atoms with Crippen LogP contribution in [0.5, 0.6) is 0 Å². The van der Waals surface area contributed by atoms with Crippen molar-refractivity contribution in [3.05, 3.63) is 46.3 Å². The van der Waals surface area contributed by atoms with E-state index in [4.69, 9.17) is 0 Å². The number of aliphatic hydroxyl groups excluding tert-OH is 2. The molecule has 0 heterocycles. The van der Waals surface area contributed by atoms with Crippen molar-refractivity contribution < 1.29 is 19.8 Å². The van der Waals surface area contributed by atoms with Gasteiger partial charge in [0.15, 0.2) is 11.5 Å². The Kier molecular flexibility index (Phi) is 4.81. The second kappa shape index (κ2) is 6.81. The van der Waals surface area contributed by atoms with Crippen molar-refractivity contribution in [2.45, 2.75) is 78.2 Å². The minimum Gasteiger partial charge on any atom is -0.504 e. The first kappa shape index (κ1) is 23.3. The van der Waals surface area contributed by atoms with Crippen LogP contribution in [0.1, 0.15) is 67.2 Å². The molecule has 0 aromatic heterocycles. The highest BCUT2D eigenvalue weighted by Crippen LogP contribution is 2.75. The van der Waals surface area contributed by atoms with Crippen molar-refractivity contribution in [1.29, 1.82) is 0 Å². The Morgan fingerprint density at radius 1 is 1.03 bits per heavy atom. The molecule has 0 bridgehead atoms. The summed E-state index contributed by atoms with van der Waals surface area (Å²) < 4.78 is 0. The van der Waals surface area contributed by atoms with Gasteiger partial charge in [0, 0.05) is 27.1 Å². The third kappa shape index (κ3) is 2.56. The maximum Gasteiger partial charge on any atom is 0.220 e. The lowest BCUT2D eigenvalue weighted by Crippen LogP contribution is -2.68. The highest BCUT2D eigenvalue weighted by molar-refractivity contribution is 9.09. The Bertz CT molecular complexity index is 1110. The summed E-state index contributed by atoms with van der Waals surface area (Å²) in [6.07, 6.45) is 8.56. The molecule has 0 aromatic rings. The van der Waals surface area contributed by atoms with Crippen molar-refractivity contribution >= 4 is 27.5 Å². The molecule has 0 saturated heterocycles. The molecule has 1 unspecified atom stereocenters. The largest absolute Gasteiger partial charge is 0.504 e. The van der Waals surface area contributed by atoms with Gasteiger partial charge in [-0.3, -0.25) is 9.59 Å². The number of alkyl halides is 1. The number of hydrogen-bond acceptors (Lipinski definition) is 4. The number of halogens is 1. The number of rotatable bonds is 0. The summed E-state index contributed by atoms with van der Waals surface area (Å²) in [4.78, 5) is 25.5. The topological polar surface area (TPSA) is 74.6 Å². The first-order valence-corrected chi connectivity index (χ1v) is 13.1. The van der Waals surface area contributed by atoms with Crippen LogP contribution in [0.25, 0.3) is 0 Å². The van der Waals surface area contributed by atoms with E-state index in [2.05, 4.69) is 55.8 Å². The van der Waals surface area contributed by atoms with Crippen LogP contribution in [-0.2, 0) is 9.59 Å². The standard InChI is InChI=1S/C28H35BrO4/c1-14-16-7-8-19-25(3,17(16)13-18(30)21(14)31)9-12-28(6)23-20(29)15(2)22(32)24(33)26(23,4)10-11-27(19,28)5/h7-8,13,15,20,23-24,31,33H,9-12H2,1-6H3/t15-,20?,23-,24-,25+,26-,27-,28+/m1/s1. The van der Waals surface area contributed by atoms with E-state index in [0.29, 0.717) is 5.57 Å². The normalized spacial score (nSPS) is 49.3. The van der Waals surface area contributed by atoms with Gasteiger partial charge in [0.25, 0.3) is 0 Å². The van der Waals surface area contributed by atoms with Crippen molar-refractivity contribution in [2.24, 2.45) is 33.5 Å². The van der Waals surface area contributed by atoms with Crippen LogP contribution in [0.2, 0.25) is 0 Å². The van der Waals surface area contributed by atoms with Crippen LogP contribution >= 0.6 is 15.9 Å². The van der Waals surface area contributed by atoms with E-state index in [0.717, 1.165) is 36.8 Å². The number of allylic oxidation sites excluding steroid dienone is 7. The Hall–Kier alpha value is -1.46. The lowest BCUT2D eigenvalue weighted by atomic mass is 9.34. The van der Waals surface area contributed by atoms with Crippen LogP contribution in [0, 0.1) is 33.5 Å². The SMILES string of the molecule is CC1=C(O)C(=O)C=C2C1=CC=C1[C@@]2(C)CC[C@@]2(C)[C@@H]3C(Br)[C@@H](C)C(=O)[C@@H](O)[C@]3(C)CC[C@]12C. The second-order valence-corrected chi connectivity index (χ2v) is 13.2. The van der Waals surface area contributed by atoms with Crippen LogP contribution in [0.15, 0.2) is 46.3 Å². The fourth-order valence-electron chi connectivity index (χ4n) is 8.48. The molecule has 0 amide bonds. The van der Waals surface area contributed by atoms with Crippen molar-refractivity contribution in [2.75, 3.05) is 0 Å². The van der Waals surface area contributed by atoms with Crippen molar-refractivity contribution in [3.8, 4) is 0 Å². The number of fused-ring (bicyclic) bond motifs is 7. The summed E-state index contributed by atoms with van der Waals surface area (Å²) in [5, 5.41) is 21.4. The Balaban J connectivity index is 1.68. The zero-order valence-corrected chi connectivity index (χ0v) is 22.0. The molecule has 3 saturated carbocycles. The quantitative estimate of drug-likeness (QED) is 0.402. The molecular formula is C28H35BrO4. The van der Waals surface area contributed by atoms with Crippen LogP contribution < -0.4 is 0 Å². The van der Waals surface area contributed by atoms with E-state index in [9.17, 15) is 19.8 Å². The van der Waals surface area contributed by atoms with Gasteiger partial charge >= 0.3 is 0 Å². The monoisotopic (exact) mass is 514 g/mol. The van der Waals surface area contributed by atoms with Gasteiger partial charge in [-0.05, 0) is 66.6 Å². The molecule has 5 rings (SSSR count). The van der Waals surface area contributed by atoms with Gasteiger partial charge in [0.1, 0.15) is 6.10 Å². The van der Waals surface area contributed by atoms with Gasteiger partial charge < -0.3 is 10.2 Å². The smallest absolute Gasteiger partial charge is 0.220 e. The number of ketones is 2. The van der Waals surface area contributed by atoms with E-state index in [1.807, 2.05) is 13.8 Å². The highest BCUT2D eigenvalue weighted by atomic mass is 79.9. The first-order valence-electron chi connectivity index (χ1n) is 12.2. The van der Waals surface area contributed by atoms with Crippen LogP contribution in [-0.4, -0.2) is 32.7 Å². The van der Waals surface area contributed by atoms with Crippen molar-refractivity contribution in [1.82, 2.24) is 0 Å². The summed E-state index contributed by atoms with van der Waals surface area (Å²) in [6, 6.07) is 0. The molecular weight excluding hydrogens is 480 g/mol. The Morgan fingerprint density at radius 2 is 1.70 bits per heavy atom. The summed E-state index contributed by atoms with van der Waals surface area (Å²) in [5.41, 5.74) is 3.01. The van der Waals surface area contributed by atoms with Crippen LogP contribution in [0.3, 0.4) is 0 Å². The summed E-state index contributed by atoms with van der Waals surface area (Å²) in [6.45, 7) is 12.9. The first-order chi connectivity index (χ1) is 15.2. The average Bonchev–Trinajstić information content (AvgIpc) is 2.77. The molecule has 5 aliphatic rings. The number of hydrogen-bond donors (Lipinski definition) is 2. The number of aliphatic hydroxyl groups is 2. The molecule has 3 fully saturated rings. The van der Waals surface area contributed by atoms with E-state index >= 15 is 0 Å². The van der Waals surface area contributed by atoms with E-state index in [1.165, 1.54) is 5.57 Å². The molecule has 178 valence electrons. The summed E-state index contributed by atoms with van der Waals surface area (Å²) in [5.74, 6) is -0.578. The maximum atomic E-state index is 12.9. The van der Waals surface area contributed by atoms with E-state index in [1.54, 1.807) is 6.08 Å². The molecule has 0 radical (unpaired) electrons. The second-order valence-electron chi connectivity index (χ2n) is 12.2. The zero-order valence-electron chi connectivity index (χ0n) is 20.5. The predicted octanol–water partition coefficient (Wildman–Crippen LogP) is 5.77. The lowest BCUT2D eigenvalue weighted by molar-refractivity contribution is -0.189. The number of carbonyl (C=O) groups excluding carboxylic acids is 2. The summed E-state index contributed by atoms with van der Waals surface area (Å²) >= 11 is 3.95. The molecule has 0 aliphatic heterocycles. The van der Waals surface area contributed by atoms with Gasteiger partial charge in [0.05, 0.1) is 0 Å². The molecule has 5 heteroatoms. The molecule has 2 N–H and O–H groups in total. The molecule has 4 nitrogen and oxygen atoms in total. The number of carbonyl (C=O) groups is 2. The summed E-state index contributed by atoms with van der Waals surface area (Å²) in [7, 11) is 0. The van der Waals surface area contributed by atoms with Crippen molar-refractivity contribution in [3.63, 3.8) is 0 Å². The fourth-order valence-corrected chi connectivity index (χ4v) is 9.92. The average molecular weight is 515 g/mol. The molecule has 0 aromatic carbocycles. The Morgan fingerprint density at radius 3 is 2.36 bits per heavy atom. The fraction of sp³-hybridized carbons (Fsp3) is 0.643. The van der Waals surface area contributed by atoms with Gasteiger partial charge in [0.2, 0.25) is 5.78 Å². The molecule has 8 atom stereocenters. The zero-order chi connectivity index (χ0) is 24.3. The molecule has 0 spiro atoms. The highest BCUT2D eigenvalue weighted by Gasteiger charge is 2.70. The predicted molar refractivity (Wildman–Crippen MR) is 132 cm³/mol. The van der Waals surface area contributed by atoms with Gasteiger partial charge in [-0.15, -0.1) is 0 Å². The van der Waals surface area contributed by atoms with Gasteiger partial charge in [-0.1, -0.05) is 68.3 Å². The number of Topliss-reactive ketones (excluding diaryl/α,β-unsaturated/α-hetero) is 1. The maximum absolute atomic E-state index is 12.9. The van der Waals surface area contributed by atoms with Gasteiger partial charge in [-0.2, -0.15) is 0 Å². The van der Waals surface area contributed by atoms with Gasteiger partial charge in [-0.25, -0.2) is 0 Å². The third-order valence-corrected chi connectivity index (χ3v) is 12.2. The van der Waals surface area contributed by atoms with E-state index < -0.39 is 11.5 Å². The molecule has 33 heavy (non-hydrogen) atoms. The van der Waals surface area contributed by atoms with E-state index in [-0.39, 0.29) is 50.2 Å². The third-order valence-electron chi connectivity index (χ3n) is 10.9. The minimum atomic E-state index is -0.928. The molecule has 5 aliphatic carbocycles. The lowest BCUT2D eigenvalue weighted by Gasteiger charge is -2.70.